The Labute approximate surface area is 152 Å². The highest BCUT2D eigenvalue weighted by Crippen LogP contribution is 2.25. The molecule has 2 heterocycles. The van der Waals surface area contributed by atoms with Crippen molar-refractivity contribution in [2.75, 3.05) is 0 Å². The van der Waals surface area contributed by atoms with Crippen LogP contribution in [0, 0.1) is 11.3 Å². The Hall–Kier alpha value is -3.58. The first-order chi connectivity index (χ1) is 12.8. The number of benzene rings is 2. The number of hydrogen-bond acceptors (Lipinski definition) is 3. The molecule has 2 aromatic heterocycles. The highest BCUT2D eigenvalue weighted by atomic mass is 16.5. The number of ether oxygens (including phenoxy) is 1. The number of nitrogens with zero attached hydrogens (tertiary/aromatic N) is 3. The van der Waals surface area contributed by atoms with Crippen molar-refractivity contribution in [3.05, 3.63) is 84.8 Å². The highest BCUT2D eigenvalue weighted by Gasteiger charge is 2.04. The first kappa shape index (κ1) is 17.2. The Morgan fingerprint density at radius 2 is 1.54 bits per heavy atom. The molecule has 0 unspecified atom stereocenters. The Bertz CT molecular complexity index is 1030. The summed E-state index contributed by atoms with van der Waals surface area (Å²) < 4.78 is 7.90. The van der Waals surface area contributed by atoms with E-state index in [0.29, 0.717) is 11.3 Å². The second-order valence-electron chi connectivity index (χ2n) is 5.35. The first-order valence-electron chi connectivity index (χ1n) is 8.53. The van der Waals surface area contributed by atoms with Gasteiger partial charge in [-0.25, -0.2) is 0 Å². The molecule has 4 rings (SSSR count). The summed E-state index contributed by atoms with van der Waals surface area (Å²) in [6, 6.07) is 21.1. The molecule has 0 aliphatic carbocycles. The minimum absolute atomic E-state index is 0.616. The monoisotopic (exact) mass is 341 g/mol. The number of fused-ring (bicyclic) bond motifs is 1. The van der Waals surface area contributed by atoms with E-state index in [4.69, 9.17) is 10.00 Å². The summed E-state index contributed by atoms with van der Waals surface area (Å²) in [7, 11) is 0. The van der Waals surface area contributed by atoms with Crippen LogP contribution in [0.5, 0.6) is 11.5 Å². The summed E-state index contributed by atoms with van der Waals surface area (Å²) in [5.41, 5.74) is 2.73. The number of nitriles is 1. The molecule has 0 aliphatic rings. The topological polar surface area (TPSA) is 50.8 Å². The molecule has 0 N–H and O–H groups in total. The van der Waals surface area contributed by atoms with Gasteiger partial charge in [0.15, 0.2) is 0 Å². The van der Waals surface area contributed by atoms with Crippen LogP contribution in [-0.2, 0) is 0 Å². The Morgan fingerprint density at radius 1 is 0.885 bits per heavy atom. The standard InChI is InChI=1S/C20H13N3O.C2H6/c21-13-15-1-5-18(6-2-15)24-19-7-3-17(4-8-19)23-12-10-16-9-11-22-14-20(16)23;1-2/h1-12,14H;1-2H3. The maximum atomic E-state index is 8.82. The number of hydrogen-bond donors (Lipinski definition) is 0. The maximum Gasteiger partial charge on any atom is 0.127 e. The lowest BCUT2D eigenvalue weighted by Crippen LogP contribution is -1.92. The van der Waals surface area contributed by atoms with Gasteiger partial charge >= 0.3 is 0 Å². The third kappa shape index (κ3) is 3.57. The molecule has 0 fully saturated rings. The van der Waals surface area contributed by atoms with Crippen LogP contribution in [0.2, 0.25) is 0 Å². The third-order valence-corrected chi connectivity index (χ3v) is 3.83. The van der Waals surface area contributed by atoms with Crippen molar-refractivity contribution >= 4 is 10.9 Å². The van der Waals surface area contributed by atoms with Crippen LogP contribution >= 0.6 is 0 Å². The summed E-state index contributed by atoms with van der Waals surface area (Å²) in [5, 5.41) is 9.97. The predicted octanol–water partition coefficient (Wildman–Crippen LogP) is 5.72. The van der Waals surface area contributed by atoms with Gasteiger partial charge in [-0.05, 0) is 60.7 Å². The molecule has 0 spiro atoms. The van der Waals surface area contributed by atoms with Crippen LogP contribution in [-0.4, -0.2) is 9.55 Å². The van der Waals surface area contributed by atoms with Crippen LogP contribution in [0.1, 0.15) is 19.4 Å². The van der Waals surface area contributed by atoms with Crippen molar-refractivity contribution in [2.45, 2.75) is 13.8 Å². The summed E-state index contributed by atoms with van der Waals surface area (Å²) in [5.74, 6) is 1.45. The number of aromatic nitrogens is 2. The fourth-order valence-electron chi connectivity index (χ4n) is 2.61. The lowest BCUT2D eigenvalue weighted by Gasteiger charge is -2.08. The van der Waals surface area contributed by atoms with Crippen LogP contribution in [0.4, 0.5) is 0 Å². The average molecular weight is 341 g/mol. The lowest BCUT2D eigenvalue weighted by atomic mass is 10.2. The molecule has 0 amide bonds. The van der Waals surface area contributed by atoms with Gasteiger partial charge in [0.1, 0.15) is 11.5 Å². The van der Waals surface area contributed by atoms with Gasteiger partial charge in [0, 0.05) is 23.5 Å². The summed E-state index contributed by atoms with van der Waals surface area (Å²) in [6.45, 7) is 4.00. The molecule has 0 atom stereocenters. The van der Waals surface area contributed by atoms with Crippen molar-refractivity contribution in [3.63, 3.8) is 0 Å². The summed E-state index contributed by atoms with van der Waals surface area (Å²) >= 11 is 0. The SMILES string of the molecule is CC.N#Cc1ccc(Oc2ccc(-n3ccc4ccncc43)cc2)cc1. The number of pyridine rings is 1. The third-order valence-electron chi connectivity index (χ3n) is 3.83. The minimum atomic E-state index is 0.616. The molecule has 128 valence electrons. The fourth-order valence-corrected chi connectivity index (χ4v) is 2.61. The summed E-state index contributed by atoms with van der Waals surface area (Å²) in [6.07, 6.45) is 5.68. The molecule has 4 heteroatoms. The zero-order valence-corrected chi connectivity index (χ0v) is 14.8. The van der Waals surface area contributed by atoms with E-state index in [1.54, 1.807) is 30.5 Å². The van der Waals surface area contributed by atoms with Gasteiger partial charge in [-0.3, -0.25) is 4.98 Å². The number of rotatable bonds is 3. The van der Waals surface area contributed by atoms with Gasteiger partial charge in [-0.15, -0.1) is 0 Å². The van der Waals surface area contributed by atoms with Crippen LogP contribution in [0.3, 0.4) is 0 Å². The van der Waals surface area contributed by atoms with E-state index >= 15 is 0 Å². The molecule has 0 radical (unpaired) electrons. The molecular formula is C22H19N3O. The molecule has 2 aromatic carbocycles. The molecule has 0 aliphatic heterocycles. The highest BCUT2D eigenvalue weighted by molar-refractivity contribution is 5.80. The smallest absolute Gasteiger partial charge is 0.127 e. The maximum absolute atomic E-state index is 8.82. The second-order valence-corrected chi connectivity index (χ2v) is 5.35. The van der Waals surface area contributed by atoms with E-state index < -0.39 is 0 Å². The van der Waals surface area contributed by atoms with Gasteiger partial charge < -0.3 is 9.30 Å². The normalized spacial score (nSPS) is 9.88. The molecule has 0 saturated carbocycles. The Kier molecular flexibility index (Phi) is 5.31. The Balaban J connectivity index is 0.000000948. The quantitative estimate of drug-likeness (QED) is 0.479. The van der Waals surface area contributed by atoms with Gasteiger partial charge in [-0.2, -0.15) is 5.26 Å². The second kappa shape index (κ2) is 8.00. The van der Waals surface area contributed by atoms with Crippen molar-refractivity contribution in [3.8, 4) is 23.3 Å². The molecule has 4 nitrogen and oxygen atoms in total. The van der Waals surface area contributed by atoms with E-state index in [1.165, 1.54) is 0 Å². The average Bonchev–Trinajstić information content (AvgIpc) is 3.15. The van der Waals surface area contributed by atoms with Gasteiger partial charge in [0.25, 0.3) is 0 Å². The van der Waals surface area contributed by atoms with Crippen molar-refractivity contribution in [2.24, 2.45) is 0 Å². The minimum Gasteiger partial charge on any atom is -0.457 e. The molecule has 0 saturated heterocycles. The van der Waals surface area contributed by atoms with Crippen LogP contribution < -0.4 is 4.74 Å². The van der Waals surface area contributed by atoms with Crippen LogP contribution in [0.15, 0.2) is 79.3 Å². The van der Waals surface area contributed by atoms with Crippen LogP contribution in [0.25, 0.3) is 16.6 Å². The van der Waals surface area contributed by atoms with Gasteiger partial charge in [0.05, 0.1) is 23.3 Å². The van der Waals surface area contributed by atoms with E-state index in [-0.39, 0.29) is 0 Å². The van der Waals surface area contributed by atoms with E-state index in [1.807, 2.05) is 56.6 Å². The first-order valence-corrected chi connectivity index (χ1v) is 8.53. The lowest BCUT2D eigenvalue weighted by molar-refractivity contribution is 0.482. The molecule has 4 aromatic rings. The molecular weight excluding hydrogens is 322 g/mol. The van der Waals surface area contributed by atoms with Gasteiger partial charge in [0.2, 0.25) is 0 Å². The zero-order valence-electron chi connectivity index (χ0n) is 14.8. The van der Waals surface area contributed by atoms with E-state index in [0.717, 1.165) is 22.3 Å². The van der Waals surface area contributed by atoms with Gasteiger partial charge in [-0.1, -0.05) is 13.8 Å². The zero-order chi connectivity index (χ0) is 18.4. The molecule has 0 bridgehead atoms. The largest absolute Gasteiger partial charge is 0.457 e. The van der Waals surface area contributed by atoms with Crippen molar-refractivity contribution in [1.29, 1.82) is 5.26 Å². The predicted molar refractivity (Wildman–Crippen MR) is 104 cm³/mol. The van der Waals surface area contributed by atoms with E-state index in [2.05, 4.69) is 21.7 Å². The fraction of sp³-hybridized carbons (Fsp3) is 0.0909. The van der Waals surface area contributed by atoms with Crippen molar-refractivity contribution < 1.29 is 4.74 Å². The van der Waals surface area contributed by atoms with E-state index in [9.17, 15) is 0 Å². The molecule has 26 heavy (non-hydrogen) atoms. The summed E-state index contributed by atoms with van der Waals surface area (Å²) in [4.78, 5) is 4.19. The Morgan fingerprint density at radius 3 is 2.19 bits per heavy atom. The van der Waals surface area contributed by atoms with Crippen molar-refractivity contribution in [1.82, 2.24) is 9.55 Å².